The fourth-order valence-electron chi connectivity index (χ4n) is 4.05. The lowest BCUT2D eigenvalue weighted by molar-refractivity contribution is 0.306. The average molecular weight is 436 g/mol. The van der Waals surface area contributed by atoms with Crippen LogP contribution in [0.2, 0.25) is 0 Å². The standard InChI is InChI=1S/C20H25N3O4S2/c1-23(16-10-6-3-7-11-16)29(26,27)17-12-13-18-19(14-17)28(24,25)22-20(21-18)15-8-4-2-5-9-15/h3,6-7,10-15,20-22H,2,4-5,8-9H2,1H3. The number of rotatable bonds is 4. The van der Waals surface area contributed by atoms with E-state index in [2.05, 4.69) is 10.0 Å². The Balaban J connectivity index is 1.67. The second-order valence-corrected chi connectivity index (χ2v) is 11.3. The number of benzene rings is 2. The van der Waals surface area contributed by atoms with Gasteiger partial charge >= 0.3 is 0 Å². The summed E-state index contributed by atoms with van der Waals surface area (Å²) in [7, 11) is -6.25. The highest BCUT2D eigenvalue weighted by molar-refractivity contribution is 7.93. The van der Waals surface area contributed by atoms with Gasteiger partial charge in [0.25, 0.3) is 10.0 Å². The molecule has 156 valence electrons. The van der Waals surface area contributed by atoms with E-state index >= 15 is 0 Å². The molecule has 0 spiro atoms. The Kier molecular flexibility index (Phi) is 5.30. The normalized spacial score (nSPS) is 21.8. The summed E-state index contributed by atoms with van der Waals surface area (Å²) in [6, 6.07) is 12.9. The van der Waals surface area contributed by atoms with Crippen LogP contribution in [0.3, 0.4) is 0 Å². The largest absolute Gasteiger partial charge is 0.368 e. The molecule has 2 N–H and O–H groups in total. The SMILES string of the molecule is CN(c1ccccc1)S(=O)(=O)c1ccc2c(c1)S(=O)(=O)NC(C1CCCCC1)N2. The Morgan fingerprint density at radius 1 is 1.00 bits per heavy atom. The molecule has 29 heavy (non-hydrogen) atoms. The van der Waals surface area contributed by atoms with Crippen LogP contribution in [0, 0.1) is 5.92 Å². The molecule has 1 aliphatic heterocycles. The van der Waals surface area contributed by atoms with E-state index in [4.69, 9.17) is 0 Å². The van der Waals surface area contributed by atoms with Gasteiger partial charge in [-0.25, -0.2) is 16.8 Å². The molecule has 0 aromatic heterocycles. The van der Waals surface area contributed by atoms with Gasteiger partial charge in [0.15, 0.2) is 0 Å². The molecule has 1 aliphatic carbocycles. The maximum atomic E-state index is 13.0. The minimum absolute atomic E-state index is 0.0351. The number of hydrogen-bond donors (Lipinski definition) is 2. The predicted octanol–water partition coefficient (Wildman–Crippen LogP) is 3.12. The Morgan fingerprint density at radius 2 is 1.69 bits per heavy atom. The maximum absolute atomic E-state index is 13.0. The van der Waals surface area contributed by atoms with E-state index in [-0.39, 0.29) is 21.9 Å². The Morgan fingerprint density at radius 3 is 2.38 bits per heavy atom. The highest BCUT2D eigenvalue weighted by atomic mass is 32.2. The summed E-state index contributed by atoms with van der Waals surface area (Å²) >= 11 is 0. The van der Waals surface area contributed by atoms with Gasteiger partial charge in [0.05, 0.1) is 22.4 Å². The molecule has 7 nitrogen and oxygen atoms in total. The number of hydrogen-bond acceptors (Lipinski definition) is 5. The number of nitrogens with one attached hydrogen (secondary N) is 2. The smallest absolute Gasteiger partial charge is 0.264 e. The molecule has 0 amide bonds. The fraction of sp³-hybridized carbons (Fsp3) is 0.400. The van der Waals surface area contributed by atoms with E-state index in [1.54, 1.807) is 36.4 Å². The summed E-state index contributed by atoms with van der Waals surface area (Å²) in [5, 5.41) is 3.26. The molecule has 1 unspecified atom stereocenters. The number of anilines is 2. The van der Waals surface area contributed by atoms with Gasteiger partial charge in [-0.3, -0.25) is 4.31 Å². The molecule has 0 radical (unpaired) electrons. The van der Waals surface area contributed by atoms with Crippen molar-refractivity contribution in [2.45, 2.75) is 48.1 Å². The second-order valence-electron chi connectivity index (χ2n) is 7.61. The Labute approximate surface area is 172 Å². The van der Waals surface area contributed by atoms with E-state index in [0.717, 1.165) is 30.0 Å². The highest BCUT2D eigenvalue weighted by Gasteiger charge is 2.35. The zero-order chi connectivity index (χ0) is 20.6. The first-order chi connectivity index (χ1) is 13.8. The van der Waals surface area contributed by atoms with E-state index in [1.165, 1.54) is 25.6 Å². The summed E-state index contributed by atoms with van der Waals surface area (Å²) in [6.07, 6.45) is 4.97. The fourth-order valence-corrected chi connectivity index (χ4v) is 6.76. The molecule has 0 bridgehead atoms. The van der Waals surface area contributed by atoms with Crippen LogP contribution in [0.5, 0.6) is 0 Å². The first kappa shape index (κ1) is 20.2. The number of nitrogens with zero attached hydrogens (tertiary/aromatic N) is 1. The zero-order valence-corrected chi connectivity index (χ0v) is 17.8. The lowest BCUT2D eigenvalue weighted by Crippen LogP contribution is -2.49. The lowest BCUT2D eigenvalue weighted by atomic mass is 9.87. The molecule has 9 heteroatoms. The van der Waals surface area contributed by atoms with Crippen LogP contribution in [0.15, 0.2) is 58.3 Å². The summed E-state index contributed by atoms with van der Waals surface area (Å²) < 4.78 is 55.7. The summed E-state index contributed by atoms with van der Waals surface area (Å²) in [6.45, 7) is 0. The van der Waals surface area contributed by atoms with Gasteiger partial charge in [-0.1, -0.05) is 37.5 Å². The molecule has 2 aromatic rings. The second kappa shape index (κ2) is 7.62. The van der Waals surface area contributed by atoms with Crippen LogP contribution in [0.4, 0.5) is 11.4 Å². The van der Waals surface area contributed by atoms with E-state index in [0.29, 0.717) is 11.4 Å². The van der Waals surface area contributed by atoms with Crippen molar-refractivity contribution in [3.05, 3.63) is 48.5 Å². The molecule has 2 aliphatic rings. The van der Waals surface area contributed by atoms with Crippen LogP contribution in [0.1, 0.15) is 32.1 Å². The average Bonchev–Trinajstić information content (AvgIpc) is 2.73. The van der Waals surface area contributed by atoms with Gasteiger partial charge in [-0.15, -0.1) is 0 Å². The third-order valence-electron chi connectivity index (χ3n) is 5.74. The highest BCUT2D eigenvalue weighted by Crippen LogP contribution is 2.35. The third kappa shape index (κ3) is 3.86. The molecular formula is C20H25N3O4S2. The topological polar surface area (TPSA) is 95.6 Å². The molecule has 2 aromatic carbocycles. The number of para-hydroxylation sites is 1. The van der Waals surface area contributed by atoms with E-state index in [9.17, 15) is 16.8 Å². The van der Waals surface area contributed by atoms with Crippen LogP contribution in [0.25, 0.3) is 0 Å². The third-order valence-corrected chi connectivity index (χ3v) is 9.00. The van der Waals surface area contributed by atoms with E-state index < -0.39 is 20.0 Å². The van der Waals surface area contributed by atoms with Crippen molar-refractivity contribution >= 4 is 31.4 Å². The Bertz CT molecular complexity index is 1100. The van der Waals surface area contributed by atoms with Crippen molar-refractivity contribution in [1.82, 2.24) is 4.72 Å². The van der Waals surface area contributed by atoms with Crippen molar-refractivity contribution in [2.75, 3.05) is 16.7 Å². The summed E-state index contributed by atoms with van der Waals surface area (Å²) in [5.74, 6) is 0.235. The molecule has 1 saturated carbocycles. The monoisotopic (exact) mass is 435 g/mol. The molecular weight excluding hydrogens is 410 g/mol. The lowest BCUT2D eigenvalue weighted by Gasteiger charge is -2.35. The quantitative estimate of drug-likeness (QED) is 0.769. The van der Waals surface area contributed by atoms with E-state index in [1.807, 2.05) is 0 Å². The molecule has 1 heterocycles. The van der Waals surface area contributed by atoms with Crippen molar-refractivity contribution in [2.24, 2.45) is 5.92 Å². The molecule has 4 rings (SSSR count). The van der Waals surface area contributed by atoms with Gasteiger partial charge in [-0.05, 0) is 49.1 Å². The summed E-state index contributed by atoms with van der Waals surface area (Å²) in [5.41, 5.74) is 0.947. The first-order valence-electron chi connectivity index (χ1n) is 9.76. The minimum atomic E-state index is -3.90. The van der Waals surface area contributed by atoms with Gasteiger partial charge in [0.1, 0.15) is 4.90 Å². The van der Waals surface area contributed by atoms with Gasteiger partial charge in [0.2, 0.25) is 10.0 Å². The van der Waals surface area contributed by atoms with Crippen molar-refractivity contribution in [3.8, 4) is 0 Å². The van der Waals surface area contributed by atoms with Crippen molar-refractivity contribution in [1.29, 1.82) is 0 Å². The maximum Gasteiger partial charge on any atom is 0.264 e. The van der Waals surface area contributed by atoms with Crippen LogP contribution in [-0.4, -0.2) is 30.0 Å². The van der Waals surface area contributed by atoms with Crippen LogP contribution in [-0.2, 0) is 20.0 Å². The minimum Gasteiger partial charge on any atom is -0.368 e. The molecule has 1 fully saturated rings. The van der Waals surface area contributed by atoms with Crippen molar-refractivity contribution < 1.29 is 16.8 Å². The number of sulfonamides is 2. The molecule has 0 saturated heterocycles. The summed E-state index contributed by atoms with van der Waals surface area (Å²) in [4.78, 5) is -0.0991. The first-order valence-corrected chi connectivity index (χ1v) is 12.7. The van der Waals surface area contributed by atoms with Gasteiger partial charge in [-0.2, -0.15) is 4.72 Å². The van der Waals surface area contributed by atoms with Crippen LogP contribution < -0.4 is 14.3 Å². The Hall–Kier alpha value is -2.10. The molecule has 1 atom stereocenters. The zero-order valence-electron chi connectivity index (χ0n) is 16.2. The predicted molar refractivity (Wildman–Crippen MR) is 113 cm³/mol. The number of fused-ring (bicyclic) bond motifs is 1. The van der Waals surface area contributed by atoms with Crippen LogP contribution >= 0.6 is 0 Å². The van der Waals surface area contributed by atoms with Gasteiger partial charge in [0, 0.05) is 7.05 Å². The van der Waals surface area contributed by atoms with Crippen molar-refractivity contribution in [3.63, 3.8) is 0 Å². The van der Waals surface area contributed by atoms with Gasteiger partial charge < -0.3 is 5.32 Å².